The summed E-state index contributed by atoms with van der Waals surface area (Å²) in [6.07, 6.45) is 10.3. The van der Waals surface area contributed by atoms with Gasteiger partial charge in [0.05, 0.1) is 18.0 Å². The highest BCUT2D eigenvalue weighted by Crippen LogP contribution is 2.16. The largest absolute Gasteiger partial charge is 0.244 e. The third-order valence-corrected chi connectivity index (χ3v) is 4.37. The molecule has 0 saturated carbocycles. The summed E-state index contributed by atoms with van der Waals surface area (Å²) in [6, 6.07) is 6.30. The zero-order valence-corrected chi connectivity index (χ0v) is 11.2. The molecule has 0 unspecified atom stereocenters. The van der Waals surface area contributed by atoms with Gasteiger partial charge in [-0.2, -0.15) is 4.31 Å². The number of hydrogen-bond donors (Lipinski definition) is 0. The maximum absolute atomic E-state index is 12.2. The monoisotopic (exact) mass is 297 g/mol. The lowest BCUT2D eigenvalue weighted by molar-refractivity contribution is 0.482. The van der Waals surface area contributed by atoms with Gasteiger partial charge in [-0.3, -0.25) is 0 Å². The predicted molar refractivity (Wildman–Crippen MR) is 79.2 cm³/mol. The number of terminal acetylenes is 2. The Balaban J connectivity index is 0.00000324. The van der Waals surface area contributed by atoms with Gasteiger partial charge in [-0.05, 0) is 17.7 Å². The third-order valence-electron chi connectivity index (χ3n) is 2.25. The Kier molecular flexibility index (Phi) is 7.26. The van der Waals surface area contributed by atoms with Crippen LogP contribution in [0.1, 0.15) is 13.0 Å². The van der Waals surface area contributed by atoms with Gasteiger partial charge in [0.25, 0.3) is 0 Å². The molecule has 0 aliphatic rings. The molecule has 0 atom stereocenters. The number of benzene rings is 1. The fourth-order valence-corrected chi connectivity index (χ4v) is 2.77. The standard InChI is InChI=1S/C13H12ClNO2S.CH4/c1-3-9-15(10-4-2)18(16,17)13-7-5-12(11-14)6-8-13;/h1-2,5-8H,9-11H2;1H4. The molecule has 1 aromatic rings. The van der Waals surface area contributed by atoms with Crippen LogP contribution in [-0.4, -0.2) is 25.8 Å². The van der Waals surface area contributed by atoms with Crippen molar-refractivity contribution in [2.75, 3.05) is 13.1 Å². The number of nitrogens with zero attached hydrogens (tertiary/aromatic N) is 1. The van der Waals surface area contributed by atoms with Gasteiger partial charge in [-0.1, -0.05) is 31.4 Å². The number of sulfonamides is 1. The molecular formula is C14H16ClNO2S. The van der Waals surface area contributed by atoms with Crippen molar-refractivity contribution in [3.05, 3.63) is 29.8 Å². The lowest BCUT2D eigenvalue weighted by atomic mass is 10.2. The fraction of sp³-hybridized carbons (Fsp3) is 0.286. The Bertz CT molecular complexity index is 563. The SMILES string of the molecule is C.C#CCN(CC#C)S(=O)(=O)c1ccc(CCl)cc1. The molecule has 102 valence electrons. The molecule has 0 saturated heterocycles. The first-order valence-electron chi connectivity index (χ1n) is 5.08. The van der Waals surface area contributed by atoms with E-state index >= 15 is 0 Å². The van der Waals surface area contributed by atoms with E-state index in [-0.39, 0.29) is 25.4 Å². The molecule has 0 aromatic heterocycles. The van der Waals surface area contributed by atoms with Crippen molar-refractivity contribution in [1.82, 2.24) is 4.31 Å². The first kappa shape index (κ1) is 17.5. The Morgan fingerprint density at radius 1 is 1.11 bits per heavy atom. The van der Waals surface area contributed by atoms with Crippen LogP contribution in [0.2, 0.25) is 0 Å². The Morgan fingerprint density at radius 2 is 1.58 bits per heavy atom. The molecule has 3 nitrogen and oxygen atoms in total. The molecule has 0 heterocycles. The zero-order chi connectivity index (χ0) is 13.6. The summed E-state index contributed by atoms with van der Waals surface area (Å²) in [5, 5.41) is 0. The normalized spacial score (nSPS) is 10.3. The summed E-state index contributed by atoms with van der Waals surface area (Å²) in [4.78, 5) is 0.155. The molecule has 19 heavy (non-hydrogen) atoms. The number of rotatable bonds is 5. The van der Waals surface area contributed by atoms with E-state index in [9.17, 15) is 8.42 Å². The van der Waals surface area contributed by atoms with E-state index in [0.29, 0.717) is 5.88 Å². The first-order valence-corrected chi connectivity index (χ1v) is 7.05. The Hall–Kier alpha value is -1.46. The highest BCUT2D eigenvalue weighted by molar-refractivity contribution is 7.89. The van der Waals surface area contributed by atoms with Gasteiger partial charge in [-0.15, -0.1) is 24.4 Å². The molecule has 0 aliphatic carbocycles. The zero-order valence-electron chi connectivity index (χ0n) is 9.64. The van der Waals surface area contributed by atoms with Crippen LogP contribution in [0.25, 0.3) is 0 Å². The van der Waals surface area contributed by atoms with E-state index in [2.05, 4.69) is 11.8 Å². The predicted octanol–water partition coefficient (Wildman–Crippen LogP) is 2.32. The van der Waals surface area contributed by atoms with Gasteiger partial charge in [0, 0.05) is 5.88 Å². The van der Waals surface area contributed by atoms with E-state index in [1.165, 1.54) is 12.1 Å². The number of hydrogen-bond acceptors (Lipinski definition) is 2. The molecule has 0 N–H and O–H groups in total. The fourth-order valence-electron chi connectivity index (χ4n) is 1.33. The topological polar surface area (TPSA) is 37.4 Å². The summed E-state index contributed by atoms with van der Waals surface area (Å²) in [5.41, 5.74) is 0.844. The molecule has 0 fully saturated rings. The Morgan fingerprint density at radius 3 is 1.95 bits per heavy atom. The van der Waals surface area contributed by atoms with Crippen LogP contribution in [0.15, 0.2) is 29.2 Å². The maximum atomic E-state index is 12.2. The summed E-state index contributed by atoms with van der Waals surface area (Å²) >= 11 is 5.64. The molecule has 5 heteroatoms. The van der Waals surface area contributed by atoms with Crippen LogP contribution in [-0.2, 0) is 15.9 Å². The van der Waals surface area contributed by atoms with Gasteiger partial charge in [-0.25, -0.2) is 8.42 Å². The lowest BCUT2D eigenvalue weighted by Crippen LogP contribution is -2.31. The maximum Gasteiger partial charge on any atom is 0.244 e. The summed E-state index contributed by atoms with van der Waals surface area (Å²) < 4.78 is 25.5. The quantitative estimate of drug-likeness (QED) is 0.618. The van der Waals surface area contributed by atoms with Crippen molar-refractivity contribution >= 4 is 21.6 Å². The van der Waals surface area contributed by atoms with Gasteiger partial charge in [0.15, 0.2) is 0 Å². The van der Waals surface area contributed by atoms with Crippen molar-refractivity contribution < 1.29 is 8.42 Å². The van der Waals surface area contributed by atoms with Gasteiger partial charge in [0.2, 0.25) is 10.0 Å². The highest BCUT2D eigenvalue weighted by Gasteiger charge is 2.22. The molecule has 1 rings (SSSR count). The second-order valence-electron chi connectivity index (χ2n) is 3.46. The minimum absolute atomic E-state index is 0. The van der Waals surface area contributed by atoms with Crippen LogP contribution in [0.3, 0.4) is 0 Å². The van der Waals surface area contributed by atoms with Crippen LogP contribution in [0.4, 0.5) is 0 Å². The summed E-state index contributed by atoms with van der Waals surface area (Å²) in [7, 11) is -3.65. The highest BCUT2D eigenvalue weighted by atomic mass is 35.5. The van der Waals surface area contributed by atoms with Gasteiger partial charge in [0.1, 0.15) is 0 Å². The summed E-state index contributed by atoms with van der Waals surface area (Å²) in [5.74, 6) is 4.89. The van der Waals surface area contributed by atoms with Gasteiger partial charge >= 0.3 is 0 Å². The first-order chi connectivity index (χ1) is 8.56. The molecule has 0 radical (unpaired) electrons. The van der Waals surface area contributed by atoms with Crippen molar-refractivity contribution in [3.8, 4) is 24.7 Å². The molecule has 0 spiro atoms. The average Bonchev–Trinajstić information content (AvgIpc) is 2.38. The van der Waals surface area contributed by atoms with E-state index in [0.717, 1.165) is 9.87 Å². The average molecular weight is 298 g/mol. The van der Waals surface area contributed by atoms with E-state index < -0.39 is 10.0 Å². The Labute approximate surface area is 120 Å². The minimum atomic E-state index is -3.65. The summed E-state index contributed by atoms with van der Waals surface area (Å²) in [6.45, 7) is -0.104. The van der Waals surface area contributed by atoms with Gasteiger partial charge < -0.3 is 0 Å². The van der Waals surface area contributed by atoms with Crippen LogP contribution < -0.4 is 0 Å². The molecule has 1 aromatic carbocycles. The third kappa shape index (κ3) is 4.29. The number of alkyl halides is 1. The molecule has 0 bridgehead atoms. The number of halogens is 1. The van der Waals surface area contributed by atoms with Crippen molar-refractivity contribution in [2.45, 2.75) is 18.2 Å². The molecular weight excluding hydrogens is 282 g/mol. The molecule has 0 aliphatic heterocycles. The van der Waals surface area contributed by atoms with E-state index in [4.69, 9.17) is 24.4 Å². The van der Waals surface area contributed by atoms with Crippen molar-refractivity contribution in [2.24, 2.45) is 0 Å². The van der Waals surface area contributed by atoms with Crippen LogP contribution in [0, 0.1) is 24.7 Å². The van der Waals surface area contributed by atoms with Crippen molar-refractivity contribution in [1.29, 1.82) is 0 Å². The molecule has 0 amide bonds. The van der Waals surface area contributed by atoms with Crippen LogP contribution in [0.5, 0.6) is 0 Å². The van der Waals surface area contributed by atoms with Crippen LogP contribution >= 0.6 is 11.6 Å². The second-order valence-corrected chi connectivity index (χ2v) is 5.66. The lowest BCUT2D eigenvalue weighted by Gasteiger charge is -2.17. The smallest absolute Gasteiger partial charge is 0.207 e. The van der Waals surface area contributed by atoms with E-state index in [1.807, 2.05) is 0 Å². The second kappa shape index (κ2) is 7.86. The minimum Gasteiger partial charge on any atom is -0.207 e. The van der Waals surface area contributed by atoms with E-state index in [1.54, 1.807) is 12.1 Å². The van der Waals surface area contributed by atoms with Crippen molar-refractivity contribution in [3.63, 3.8) is 0 Å².